The molecule has 2 atom stereocenters. The van der Waals surface area contributed by atoms with Crippen LogP contribution in [0.2, 0.25) is 0 Å². The van der Waals surface area contributed by atoms with Gasteiger partial charge >= 0.3 is 5.97 Å². The fourth-order valence-electron chi connectivity index (χ4n) is 2.98. The Balaban J connectivity index is 2.05. The van der Waals surface area contributed by atoms with Crippen LogP contribution in [0.25, 0.3) is 0 Å². The Bertz CT molecular complexity index is 497. The average Bonchev–Trinajstić information content (AvgIpc) is 2.59. The second kappa shape index (κ2) is 7.94. The number of hydrogen-bond donors (Lipinski definition) is 2. The van der Waals surface area contributed by atoms with Crippen LogP contribution in [-0.2, 0) is 14.3 Å². The van der Waals surface area contributed by atoms with E-state index in [0.29, 0.717) is 5.56 Å². The molecule has 5 nitrogen and oxygen atoms in total. The number of amides is 1. The molecule has 0 radical (unpaired) electrons. The summed E-state index contributed by atoms with van der Waals surface area (Å²) in [4.78, 5) is 24.2. The number of carbonyl (C=O) groups is 2. The van der Waals surface area contributed by atoms with E-state index in [1.54, 1.807) is 24.3 Å². The molecule has 0 aliphatic heterocycles. The predicted octanol–water partition coefficient (Wildman–Crippen LogP) is 1.96. The van der Waals surface area contributed by atoms with Crippen molar-refractivity contribution in [1.82, 2.24) is 5.32 Å². The lowest BCUT2D eigenvalue weighted by molar-refractivity contribution is -0.148. The Hall–Kier alpha value is -1.88. The Morgan fingerprint density at radius 1 is 1.18 bits per heavy atom. The molecular formula is C17H23NO4. The van der Waals surface area contributed by atoms with E-state index in [0.717, 1.165) is 32.1 Å². The number of benzene rings is 1. The van der Waals surface area contributed by atoms with E-state index in [-0.39, 0.29) is 5.92 Å². The van der Waals surface area contributed by atoms with Gasteiger partial charge in [0.05, 0.1) is 7.11 Å². The quantitative estimate of drug-likeness (QED) is 0.815. The first-order valence-corrected chi connectivity index (χ1v) is 7.74. The van der Waals surface area contributed by atoms with Gasteiger partial charge in [0.25, 0.3) is 5.91 Å². The normalized spacial score (nSPS) is 18.3. The SMILES string of the molecule is COC(=O)[C@@H](NC(=O)[C@@H](O)c1ccccc1)C1CCCCC1. The van der Waals surface area contributed by atoms with E-state index in [4.69, 9.17) is 4.74 Å². The molecule has 22 heavy (non-hydrogen) atoms. The van der Waals surface area contributed by atoms with Gasteiger partial charge in [0.15, 0.2) is 6.10 Å². The van der Waals surface area contributed by atoms with Crippen LogP contribution in [0.4, 0.5) is 0 Å². The molecule has 1 aliphatic carbocycles. The summed E-state index contributed by atoms with van der Waals surface area (Å²) in [6.07, 6.45) is 3.76. The molecule has 0 saturated heterocycles. The lowest BCUT2D eigenvalue weighted by atomic mass is 9.83. The van der Waals surface area contributed by atoms with E-state index >= 15 is 0 Å². The van der Waals surface area contributed by atoms with Crippen LogP contribution < -0.4 is 5.32 Å². The lowest BCUT2D eigenvalue weighted by Crippen LogP contribution is -2.48. The topological polar surface area (TPSA) is 75.6 Å². The fraction of sp³-hybridized carbons (Fsp3) is 0.529. The van der Waals surface area contributed by atoms with Gasteiger partial charge in [-0.15, -0.1) is 0 Å². The maximum absolute atomic E-state index is 12.2. The molecule has 0 bridgehead atoms. The summed E-state index contributed by atoms with van der Waals surface area (Å²) in [5, 5.41) is 12.8. The van der Waals surface area contributed by atoms with Crippen molar-refractivity contribution in [3.63, 3.8) is 0 Å². The van der Waals surface area contributed by atoms with Crippen LogP contribution in [-0.4, -0.2) is 30.1 Å². The van der Waals surface area contributed by atoms with Crippen LogP contribution in [0.5, 0.6) is 0 Å². The first-order chi connectivity index (χ1) is 10.6. The molecule has 5 heteroatoms. The van der Waals surface area contributed by atoms with E-state index < -0.39 is 24.0 Å². The molecule has 1 aliphatic rings. The van der Waals surface area contributed by atoms with Crippen molar-refractivity contribution in [2.45, 2.75) is 44.2 Å². The number of ether oxygens (including phenoxy) is 1. The van der Waals surface area contributed by atoms with Crippen molar-refractivity contribution < 1.29 is 19.4 Å². The minimum atomic E-state index is -1.28. The molecule has 0 aromatic heterocycles. The second-order valence-electron chi connectivity index (χ2n) is 5.72. The minimum Gasteiger partial charge on any atom is -0.467 e. The molecule has 1 aromatic carbocycles. The number of methoxy groups -OCH3 is 1. The number of aliphatic hydroxyl groups is 1. The standard InChI is InChI=1S/C17H23NO4/c1-22-17(21)14(12-8-4-2-5-9-12)18-16(20)15(19)13-10-6-3-7-11-13/h3,6-7,10-12,14-15,19H,2,4-5,8-9H2,1H3,(H,18,20)/t14-,15-/m0/s1. The summed E-state index contributed by atoms with van der Waals surface area (Å²) >= 11 is 0. The fourth-order valence-corrected chi connectivity index (χ4v) is 2.98. The van der Waals surface area contributed by atoms with Crippen molar-refractivity contribution in [1.29, 1.82) is 0 Å². The van der Waals surface area contributed by atoms with Crippen LogP contribution in [0.15, 0.2) is 30.3 Å². The molecule has 120 valence electrons. The van der Waals surface area contributed by atoms with Gasteiger partial charge in [-0.3, -0.25) is 4.79 Å². The van der Waals surface area contributed by atoms with Gasteiger partial charge in [-0.05, 0) is 24.3 Å². The van der Waals surface area contributed by atoms with Gasteiger partial charge in [0.1, 0.15) is 6.04 Å². The van der Waals surface area contributed by atoms with Gasteiger partial charge in [-0.2, -0.15) is 0 Å². The van der Waals surface area contributed by atoms with E-state index in [1.807, 2.05) is 6.07 Å². The van der Waals surface area contributed by atoms with Crippen LogP contribution in [0.1, 0.15) is 43.8 Å². The lowest BCUT2D eigenvalue weighted by Gasteiger charge is -2.29. The highest BCUT2D eigenvalue weighted by molar-refractivity contribution is 5.87. The molecule has 2 rings (SSSR count). The molecular weight excluding hydrogens is 282 g/mol. The smallest absolute Gasteiger partial charge is 0.328 e. The number of esters is 1. The Kier molecular flexibility index (Phi) is 5.95. The summed E-state index contributed by atoms with van der Waals surface area (Å²) in [5.74, 6) is -0.930. The molecule has 1 fully saturated rings. The maximum atomic E-state index is 12.2. The Morgan fingerprint density at radius 2 is 1.82 bits per heavy atom. The first kappa shape index (κ1) is 16.5. The van der Waals surface area contributed by atoms with Crippen molar-refractivity contribution in [3.8, 4) is 0 Å². The molecule has 1 saturated carbocycles. The van der Waals surface area contributed by atoms with Crippen molar-refractivity contribution >= 4 is 11.9 Å². The summed E-state index contributed by atoms with van der Waals surface area (Å²) in [6, 6.07) is 8.00. The summed E-state index contributed by atoms with van der Waals surface area (Å²) in [6.45, 7) is 0. The average molecular weight is 305 g/mol. The van der Waals surface area contributed by atoms with Crippen molar-refractivity contribution in [2.75, 3.05) is 7.11 Å². The zero-order valence-electron chi connectivity index (χ0n) is 12.8. The summed E-state index contributed by atoms with van der Waals surface area (Å²) in [5.41, 5.74) is 0.507. The van der Waals surface area contributed by atoms with Crippen LogP contribution in [0, 0.1) is 5.92 Å². The minimum absolute atomic E-state index is 0.0770. The van der Waals surface area contributed by atoms with E-state index in [1.165, 1.54) is 7.11 Å². The molecule has 1 amide bonds. The third-order valence-electron chi connectivity index (χ3n) is 4.24. The van der Waals surface area contributed by atoms with Gasteiger partial charge in [-0.1, -0.05) is 49.6 Å². The third kappa shape index (κ3) is 4.07. The number of carbonyl (C=O) groups excluding carboxylic acids is 2. The van der Waals surface area contributed by atoms with Crippen LogP contribution in [0.3, 0.4) is 0 Å². The summed E-state index contributed by atoms with van der Waals surface area (Å²) in [7, 11) is 1.32. The van der Waals surface area contributed by atoms with Crippen molar-refractivity contribution in [2.24, 2.45) is 5.92 Å². The highest BCUT2D eigenvalue weighted by atomic mass is 16.5. The maximum Gasteiger partial charge on any atom is 0.328 e. The number of rotatable bonds is 5. The molecule has 0 unspecified atom stereocenters. The van der Waals surface area contributed by atoms with Crippen LogP contribution >= 0.6 is 0 Å². The van der Waals surface area contributed by atoms with Gasteiger partial charge in [0, 0.05) is 0 Å². The zero-order chi connectivity index (χ0) is 15.9. The molecule has 2 N–H and O–H groups in total. The van der Waals surface area contributed by atoms with Crippen molar-refractivity contribution in [3.05, 3.63) is 35.9 Å². The number of nitrogens with one attached hydrogen (secondary N) is 1. The summed E-state index contributed by atoms with van der Waals surface area (Å²) < 4.78 is 4.82. The zero-order valence-corrected chi connectivity index (χ0v) is 12.8. The predicted molar refractivity (Wildman–Crippen MR) is 81.9 cm³/mol. The number of aliphatic hydroxyl groups excluding tert-OH is 1. The van der Waals surface area contributed by atoms with Gasteiger partial charge in [0.2, 0.25) is 0 Å². The first-order valence-electron chi connectivity index (χ1n) is 7.74. The molecule has 0 heterocycles. The highest BCUT2D eigenvalue weighted by Crippen LogP contribution is 2.27. The molecule has 0 spiro atoms. The molecule has 1 aromatic rings. The largest absolute Gasteiger partial charge is 0.467 e. The van der Waals surface area contributed by atoms with E-state index in [2.05, 4.69) is 5.32 Å². The third-order valence-corrected chi connectivity index (χ3v) is 4.24. The second-order valence-corrected chi connectivity index (χ2v) is 5.72. The number of hydrogen-bond acceptors (Lipinski definition) is 4. The Morgan fingerprint density at radius 3 is 2.41 bits per heavy atom. The van der Waals surface area contributed by atoms with Gasteiger partial charge in [-0.25, -0.2) is 4.79 Å². The highest BCUT2D eigenvalue weighted by Gasteiger charge is 2.33. The van der Waals surface area contributed by atoms with E-state index in [9.17, 15) is 14.7 Å². The van der Waals surface area contributed by atoms with Gasteiger partial charge < -0.3 is 15.2 Å². The monoisotopic (exact) mass is 305 g/mol. The Labute approximate surface area is 130 Å².